The van der Waals surface area contributed by atoms with Gasteiger partial charge in [-0.05, 0) is 77.0 Å². The van der Waals surface area contributed by atoms with Crippen LogP contribution >= 0.6 is 0 Å². The first-order valence-corrected chi connectivity index (χ1v) is 15.0. The highest BCUT2D eigenvalue weighted by Crippen LogP contribution is 2.27. The van der Waals surface area contributed by atoms with Crippen LogP contribution < -0.4 is 10.1 Å². The van der Waals surface area contributed by atoms with Gasteiger partial charge < -0.3 is 15.0 Å². The molecule has 0 aliphatic carbocycles. The highest BCUT2D eigenvalue weighted by atomic mass is 32.2. The van der Waals surface area contributed by atoms with Crippen LogP contribution in [-0.4, -0.2) is 86.9 Å². The number of hydrogen-bond acceptors (Lipinski definition) is 7. The molecule has 2 aliphatic heterocycles. The van der Waals surface area contributed by atoms with Gasteiger partial charge in [-0.2, -0.15) is 9.57 Å². The first-order chi connectivity index (χ1) is 18.6. The number of piperazine rings is 1. The molecule has 2 saturated heterocycles. The van der Waals surface area contributed by atoms with Gasteiger partial charge in [-0.25, -0.2) is 8.42 Å². The Labute approximate surface area is 232 Å². The Bertz CT molecular complexity index is 1310. The van der Waals surface area contributed by atoms with Gasteiger partial charge >= 0.3 is 0 Å². The molecule has 1 amide bonds. The van der Waals surface area contributed by atoms with Crippen LogP contribution in [0.3, 0.4) is 0 Å². The SMILES string of the molecule is Cc1ccc(OCC2CCCN(C)C2)cc1NC(=O)CN1CC(C)N(S(=O)(=O)c2cccc(C#N)c2)[C@@H](C)C1. The molecule has 2 fully saturated rings. The average molecular weight is 554 g/mol. The van der Waals surface area contributed by atoms with Gasteiger partial charge in [0.2, 0.25) is 15.9 Å². The van der Waals surface area contributed by atoms with E-state index in [2.05, 4.69) is 17.3 Å². The maximum Gasteiger partial charge on any atom is 0.243 e. The second-order valence-corrected chi connectivity index (χ2v) is 12.8. The number of likely N-dealkylation sites (tertiary alicyclic amines) is 1. The molecular weight excluding hydrogens is 514 g/mol. The topological polar surface area (TPSA) is 106 Å². The third-order valence-corrected chi connectivity index (χ3v) is 9.63. The fourth-order valence-corrected chi connectivity index (χ4v) is 7.56. The Kier molecular flexibility index (Phi) is 9.28. The lowest BCUT2D eigenvalue weighted by Crippen LogP contribution is -2.59. The van der Waals surface area contributed by atoms with Crippen molar-refractivity contribution < 1.29 is 17.9 Å². The summed E-state index contributed by atoms with van der Waals surface area (Å²) in [6.45, 7) is 9.48. The Morgan fingerprint density at radius 1 is 1.13 bits per heavy atom. The van der Waals surface area contributed by atoms with Crippen LogP contribution in [0.4, 0.5) is 5.69 Å². The van der Waals surface area contributed by atoms with Gasteiger partial charge in [0.25, 0.3) is 0 Å². The molecule has 2 unspecified atom stereocenters. The number of ether oxygens (including phenoxy) is 1. The summed E-state index contributed by atoms with van der Waals surface area (Å²) in [6, 6.07) is 13.2. The number of nitrogens with one attached hydrogen (secondary N) is 1. The van der Waals surface area contributed by atoms with Gasteiger partial charge in [0.05, 0.1) is 29.7 Å². The summed E-state index contributed by atoms with van der Waals surface area (Å²) in [5, 5.41) is 12.2. The van der Waals surface area contributed by atoms with E-state index in [0.29, 0.717) is 31.2 Å². The third-order valence-electron chi connectivity index (χ3n) is 7.51. The van der Waals surface area contributed by atoms with Crippen molar-refractivity contribution >= 4 is 21.6 Å². The maximum atomic E-state index is 13.4. The van der Waals surface area contributed by atoms with Crippen LogP contribution in [-0.2, 0) is 14.8 Å². The second kappa shape index (κ2) is 12.5. The zero-order valence-corrected chi connectivity index (χ0v) is 24.1. The maximum absolute atomic E-state index is 13.4. The minimum absolute atomic E-state index is 0.111. The van der Waals surface area contributed by atoms with Gasteiger partial charge in [-0.15, -0.1) is 0 Å². The van der Waals surface area contributed by atoms with Crippen LogP contribution in [0.25, 0.3) is 0 Å². The number of nitriles is 1. The number of amides is 1. The molecule has 0 spiro atoms. The van der Waals surface area contributed by atoms with E-state index in [9.17, 15) is 18.5 Å². The highest BCUT2D eigenvalue weighted by molar-refractivity contribution is 7.89. The molecular formula is C29H39N5O4S. The molecule has 0 radical (unpaired) electrons. The van der Waals surface area contributed by atoms with Crippen LogP contribution in [0.5, 0.6) is 5.75 Å². The van der Waals surface area contributed by atoms with Gasteiger partial charge in [-0.1, -0.05) is 12.1 Å². The van der Waals surface area contributed by atoms with E-state index >= 15 is 0 Å². The summed E-state index contributed by atoms with van der Waals surface area (Å²) in [7, 11) is -1.64. The molecule has 3 atom stereocenters. The van der Waals surface area contributed by atoms with E-state index in [1.165, 1.54) is 22.9 Å². The first-order valence-electron chi connectivity index (χ1n) is 13.5. The highest BCUT2D eigenvalue weighted by Gasteiger charge is 2.39. The normalized spacial score (nSPS) is 23.2. The summed E-state index contributed by atoms with van der Waals surface area (Å²) in [5.74, 6) is 1.09. The quantitative estimate of drug-likeness (QED) is 0.535. The number of sulfonamides is 1. The van der Waals surface area contributed by atoms with Crippen LogP contribution in [0.15, 0.2) is 47.4 Å². The third kappa shape index (κ3) is 7.17. The van der Waals surface area contributed by atoms with Crippen LogP contribution in [0, 0.1) is 24.2 Å². The van der Waals surface area contributed by atoms with E-state index < -0.39 is 10.0 Å². The van der Waals surface area contributed by atoms with Crippen molar-refractivity contribution in [1.29, 1.82) is 5.26 Å². The molecule has 2 aromatic carbocycles. The number of carbonyl (C=O) groups is 1. The van der Waals surface area contributed by atoms with Crippen molar-refractivity contribution in [2.75, 3.05) is 51.7 Å². The summed E-state index contributed by atoms with van der Waals surface area (Å²) in [5.41, 5.74) is 1.97. The van der Waals surface area contributed by atoms with Crippen molar-refractivity contribution in [1.82, 2.24) is 14.1 Å². The molecule has 1 N–H and O–H groups in total. The summed E-state index contributed by atoms with van der Waals surface area (Å²) in [6.07, 6.45) is 2.35. The fourth-order valence-electron chi connectivity index (χ4n) is 5.71. The molecule has 210 valence electrons. The van der Waals surface area contributed by atoms with Gasteiger partial charge in [0.15, 0.2) is 0 Å². The van der Waals surface area contributed by atoms with Crippen LogP contribution in [0.1, 0.15) is 37.8 Å². The van der Waals surface area contributed by atoms with Gasteiger partial charge in [0, 0.05) is 49.4 Å². The number of hydrogen-bond donors (Lipinski definition) is 1. The van der Waals surface area contributed by atoms with Crippen molar-refractivity contribution in [3.05, 3.63) is 53.6 Å². The molecule has 2 aromatic rings. The first kappa shape index (κ1) is 29.0. The lowest BCUT2D eigenvalue weighted by Gasteiger charge is -2.43. The number of benzene rings is 2. The monoisotopic (exact) mass is 553 g/mol. The molecule has 10 heteroatoms. The summed E-state index contributed by atoms with van der Waals surface area (Å²) in [4.78, 5) is 17.4. The van der Waals surface area contributed by atoms with E-state index in [1.807, 2.05) is 49.9 Å². The largest absolute Gasteiger partial charge is 0.493 e. The second-order valence-electron chi connectivity index (χ2n) is 11.0. The molecule has 0 bridgehead atoms. The van der Waals surface area contributed by atoms with E-state index in [4.69, 9.17) is 4.74 Å². The number of carbonyl (C=O) groups excluding carboxylic acids is 1. The minimum atomic E-state index is -3.78. The molecule has 2 heterocycles. The van der Waals surface area contributed by atoms with Gasteiger partial charge in [0.1, 0.15) is 5.75 Å². The predicted octanol–water partition coefficient (Wildman–Crippen LogP) is 3.31. The lowest BCUT2D eigenvalue weighted by molar-refractivity contribution is -0.118. The molecule has 4 rings (SSSR count). The number of rotatable bonds is 8. The Balaban J connectivity index is 1.35. The van der Waals surface area contributed by atoms with Crippen molar-refractivity contribution in [3.63, 3.8) is 0 Å². The minimum Gasteiger partial charge on any atom is -0.493 e. The fraction of sp³-hybridized carbons (Fsp3) is 0.517. The molecule has 9 nitrogen and oxygen atoms in total. The average Bonchev–Trinajstić information content (AvgIpc) is 2.88. The molecule has 0 aromatic heterocycles. The standard InChI is InChI=1S/C29H39N5O4S/c1-21-10-11-26(38-20-25-8-6-12-32(4)18-25)14-28(21)31-29(35)19-33-16-22(2)34(23(3)17-33)39(36,37)27-9-5-7-24(13-27)15-30/h5,7,9-11,13-14,22-23,25H,6,8,12,16-20H2,1-4H3,(H,31,35)/t22-,23?,25?/m0/s1. The lowest BCUT2D eigenvalue weighted by atomic mass is 9.99. The number of aryl methyl sites for hydroxylation is 1. The number of piperidine rings is 1. The summed E-state index contributed by atoms with van der Waals surface area (Å²) >= 11 is 0. The predicted molar refractivity (Wildman–Crippen MR) is 151 cm³/mol. The Hall–Kier alpha value is -2.97. The molecule has 0 saturated carbocycles. The van der Waals surface area contributed by atoms with Gasteiger partial charge in [-0.3, -0.25) is 9.69 Å². The zero-order valence-electron chi connectivity index (χ0n) is 23.3. The van der Waals surface area contributed by atoms with Crippen molar-refractivity contribution in [2.45, 2.75) is 50.6 Å². The summed E-state index contributed by atoms with van der Waals surface area (Å²) < 4.78 is 34.3. The van der Waals surface area contributed by atoms with E-state index in [1.54, 1.807) is 12.1 Å². The molecule has 39 heavy (non-hydrogen) atoms. The van der Waals surface area contributed by atoms with Crippen molar-refractivity contribution in [3.8, 4) is 11.8 Å². The van der Waals surface area contributed by atoms with Crippen LogP contribution in [0.2, 0.25) is 0 Å². The number of nitrogens with zero attached hydrogens (tertiary/aromatic N) is 4. The van der Waals surface area contributed by atoms with Crippen molar-refractivity contribution in [2.24, 2.45) is 5.92 Å². The smallest absolute Gasteiger partial charge is 0.243 e. The number of anilines is 1. The van der Waals surface area contributed by atoms with E-state index in [0.717, 1.165) is 36.5 Å². The Morgan fingerprint density at radius 3 is 2.56 bits per heavy atom. The Morgan fingerprint density at radius 2 is 1.87 bits per heavy atom. The molecule has 2 aliphatic rings. The van der Waals surface area contributed by atoms with E-state index in [-0.39, 0.29) is 29.4 Å². The zero-order chi connectivity index (χ0) is 28.2.